The van der Waals surface area contributed by atoms with Gasteiger partial charge in [0.2, 0.25) is 0 Å². The van der Waals surface area contributed by atoms with Gasteiger partial charge in [-0.2, -0.15) is 0 Å². The molecule has 0 spiro atoms. The summed E-state index contributed by atoms with van der Waals surface area (Å²) in [5.41, 5.74) is 5.85. The summed E-state index contributed by atoms with van der Waals surface area (Å²) in [5, 5.41) is 0. The van der Waals surface area contributed by atoms with Crippen LogP contribution in [0.5, 0.6) is 0 Å². The number of rotatable bonds is 0. The van der Waals surface area contributed by atoms with Crippen LogP contribution in [0.1, 0.15) is 38.5 Å². The molecule has 1 rings (SSSR count). The largest absolute Gasteiger partial charge is 0.328 e. The standard InChI is InChI=1S/C8H18BN/c9-7-3-1-5-8(10)6-2-4-7/h7-8H,1-6,9-10H2. The van der Waals surface area contributed by atoms with Crippen molar-refractivity contribution in [2.45, 2.75) is 50.4 Å². The van der Waals surface area contributed by atoms with E-state index < -0.39 is 0 Å². The molecule has 1 aliphatic carbocycles. The van der Waals surface area contributed by atoms with Crippen molar-refractivity contribution in [2.75, 3.05) is 0 Å². The normalized spacial score (nSPS) is 36.5. The lowest BCUT2D eigenvalue weighted by atomic mass is 9.77. The van der Waals surface area contributed by atoms with Crippen molar-refractivity contribution in [3.05, 3.63) is 0 Å². The Hall–Kier alpha value is 0.0249. The number of hydrogen-bond donors (Lipinski definition) is 1. The molecule has 0 aromatic carbocycles. The second-order valence-electron chi connectivity index (χ2n) is 3.73. The van der Waals surface area contributed by atoms with Crippen LogP contribution < -0.4 is 5.73 Å². The molecule has 1 saturated carbocycles. The number of hydrogen-bond acceptors (Lipinski definition) is 1. The molecule has 1 aliphatic rings. The van der Waals surface area contributed by atoms with Crippen LogP contribution in [0.2, 0.25) is 5.82 Å². The van der Waals surface area contributed by atoms with E-state index in [0.717, 1.165) is 5.82 Å². The highest BCUT2D eigenvalue weighted by molar-refractivity contribution is 6.11. The van der Waals surface area contributed by atoms with Gasteiger partial charge in [0, 0.05) is 6.04 Å². The molecule has 1 fully saturated rings. The monoisotopic (exact) mass is 139 g/mol. The van der Waals surface area contributed by atoms with Crippen LogP contribution in [0.25, 0.3) is 0 Å². The van der Waals surface area contributed by atoms with E-state index in [-0.39, 0.29) is 0 Å². The molecule has 0 saturated heterocycles. The highest BCUT2D eigenvalue weighted by Gasteiger charge is 2.10. The maximum atomic E-state index is 5.85. The van der Waals surface area contributed by atoms with Gasteiger partial charge in [0.25, 0.3) is 0 Å². The van der Waals surface area contributed by atoms with Gasteiger partial charge in [-0.25, -0.2) is 0 Å². The van der Waals surface area contributed by atoms with Gasteiger partial charge in [0.1, 0.15) is 7.85 Å². The Kier molecular flexibility index (Phi) is 3.27. The lowest BCUT2D eigenvalue weighted by molar-refractivity contribution is 0.454. The maximum absolute atomic E-state index is 5.85. The molecular weight excluding hydrogens is 121 g/mol. The van der Waals surface area contributed by atoms with Gasteiger partial charge in [0.05, 0.1) is 0 Å². The summed E-state index contributed by atoms with van der Waals surface area (Å²) in [6, 6.07) is 0.507. The average Bonchev–Trinajstić information content (AvgIpc) is 1.84. The Morgan fingerprint density at radius 1 is 1.00 bits per heavy atom. The van der Waals surface area contributed by atoms with E-state index in [0.29, 0.717) is 6.04 Å². The molecule has 0 unspecified atom stereocenters. The molecule has 0 heterocycles. The first-order valence-electron chi connectivity index (χ1n) is 4.54. The van der Waals surface area contributed by atoms with E-state index in [1.54, 1.807) is 0 Å². The minimum absolute atomic E-state index is 0.507. The molecule has 0 aromatic heterocycles. The second-order valence-corrected chi connectivity index (χ2v) is 3.73. The van der Waals surface area contributed by atoms with Crippen LogP contribution in [0.4, 0.5) is 0 Å². The lowest BCUT2D eigenvalue weighted by Crippen LogP contribution is -2.21. The zero-order valence-corrected chi connectivity index (χ0v) is 6.97. The predicted octanol–water partition coefficient (Wildman–Crippen LogP) is 1.09. The Balaban J connectivity index is 2.21. The average molecular weight is 139 g/mol. The molecule has 0 aliphatic heterocycles. The molecule has 58 valence electrons. The molecule has 0 amide bonds. The van der Waals surface area contributed by atoms with E-state index in [4.69, 9.17) is 5.73 Å². The van der Waals surface area contributed by atoms with Crippen molar-refractivity contribution in [3.8, 4) is 0 Å². The van der Waals surface area contributed by atoms with Gasteiger partial charge < -0.3 is 5.73 Å². The summed E-state index contributed by atoms with van der Waals surface area (Å²) in [7, 11) is 2.36. The Bertz CT molecular complexity index is 75.3. The molecule has 2 N–H and O–H groups in total. The fourth-order valence-electron chi connectivity index (χ4n) is 1.75. The summed E-state index contributed by atoms with van der Waals surface area (Å²) in [6.45, 7) is 0. The van der Waals surface area contributed by atoms with E-state index in [1.165, 1.54) is 38.5 Å². The molecule has 1 nitrogen and oxygen atoms in total. The van der Waals surface area contributed by atoms with Gasteiger partial charge in [-0.15, -0.1) is 0 Å². The molecule has 0 bridgehead atoms. The zero-order chi connectivity index (χ0) is 7.40. The molecule has 0 aromatic rings. The maximum Gasteiger partial charge on any atom is 0.105 e. The van der Waals surface area contributed by atoms with Crippen molar-refractivity contribution in [2.24, 2.45) is 5.73 Å². The summed E-state index contributed by atoms with van der Waals surface area (Å²) in [6.07, 6.45) is 8.00. The molecule has 10 heavy (non-hydrogen) atoms. The third-order valence-corrected chi connectivity index (χ3v) is 2.54. The van der Waals surface area contributed by atoms with Crippen LogP contribution in [-0.2, 0) is 0 Å². The second kappa shape index (κ2) is 4.02. The fraction of sp³-hybridized carbons (Fsp3) is 1.00. The van der Waals surface area contributed by atoms with Crippen LogP contribution >= 0.6 is 0 Å². The van der Waals surface area contributed by atoms with Crippen molar-refractivity contribution < 1.29 is 0 Å². The van der Waals surface area contributed by atoms with Gasteiger partial charge in [-0.05, 0) is 12.8 Å². The van der Waals surface area contributed by atoms with Crippen LogP contribution in [0.15, 0.2) is 0 Å². The summed E-state index contributed by atoms with van der Waals surface area (Å²) < 4.78 is 0. The third-order valence-electron chi connectivity index (χ3n) is 2.54. The van der Waals surface area contributed by atoms with Gasteiger partial charge in [0.15, 0.2) is 0 Å². The Morgan fingerprint density at radius 2 is 1.50 bits per heavy atom. The third kappa shape index (κ3) is 2.74. The first-order valence-corrected chi connectivity index (χ1v) is 4.54. The van der Waals surface area contributed by atoms with Crippen LogP contribution in [0, 0.1) is 0 Å². The van der Waals surface area contributed by atoms with E-state index in [2.05, 4.69) is 7.85 Å². The molecule has 0 atom stereocenters. The van der Waals surface area contributed by atoms with Gasteiger partial charge >= 0.3 is 0 Å². The smallest absolute Gasteiger partial charge is 0.105 e. The van der Waals surface area contributed by atoms with Crippen LogP contribution in [-0.4, -0.2) is 13.9 Å². The highest BCUT2D eigenvalue weighted by atomic mass is 14.6. The summed E-state index contributed by atoms with van der Waals surface area (Å²) >= 11 is 0. The topological polar surface area (TPSA) is 26.0 Å². The Labute approximate surface area is 64.8 Å². The lowest BCUT2D eigenvalue weighted by Gasteiger charge is -2.18. The van der Waals surface area contributed by atoms with E-state index in [1.807, 2.05) is 0 Å². The first-order chi connectivity index (χ1) is 4.79. The van der Waals surface area contributed by atoms with Crippen LogP contribution in [0.3, 0.4) is 0 Å². The first kappa shape index (κ1) is 8.12. The zero-order valence-electron chi connectivity index (χ0n) is 6.97. The molecule has 0 radical (unpaired) electrons. The minimum atomic E-state index is 0.507. The summed E-state index contributed by atoms with van der Waals surface area (Å²) in [5.74, 6) is 0.951. The fourth-order valence-corrected chi connectivity index (χ4v) is 1.75. The van der Waals surface area contributed by atoms with Crippen molar-refractivity contribution in [1.82, 2.24) is 0 Å². The van der Waals surface area contributed by atoms with Crippen molar-refractivity contribution >= 4 is 7.85 Å². The van der Waals surface area contributed by atoms with E-state index >= 15 is 0 Å². The Morgan fingerprint density at radius 3 is 2.00 bits per heavy atom. The number of nitrogens with two attached hydrogens (primary N) is 1. The quantitative estimate of drug-likeness (QED) is 0.499. The minimum Gasteiger partial charge on any atom is -0.328 e. The summed E-state index contributed by atoms with van der Waals surface area (Å²) in [4.78, 5) is 0. The molecule has 2 heteroatoms. The van der Waals surface area contributed by atoms with Crippen molar-refractivity contribution in [1.29, 1.82) is 0 Å². The van der Waals surface area contributed by atoms with Gasteiger partial charge in [-0.1, -0.05) is 31.5 Å². The molecular formula is C8H18BN. The van der Waals surface area contributed by atoms with Crippen molar-refractivity contribution in [3.63, 3.8) is 0 Å². The highest BCUT2D eigenvalue weighted by Crippen LogP contribution is 2.23. The van der Waals surface area contributed by atoms with Gasteiger partial charge in [-0.3, -0.25) is 0 Å². The predicted molar refractivity (Wildman–Crippen MR) is 48.0 cm³/mol. The van der Waals surface area contributed by atoms with E-state index in [9.17, 15) is 0 Å². The SMILES string of the molecule is BC1CCCC(N)CCC1.